The number of hydrogen-bond acceptors (Lipinski definition) is 5. The van der Waals surface area contributed by atoms with Gasteiger partial charge < -0.3 is 5.73 Å². The van der Waals surface area contributed by atoms with Crippen molar-refractivity contribution < 1.29 is 4.79 Å². The van der Waals surface area contributed by atoms with Crippen molar-refractivity contribution in [1.29, 1.82) is 0 Å². The zero-order valence-corrected chi connectivity index (χ0v) is 15.7. The minimum Gasteiger partial charge on any atom is -0.369 e. The molecule has 1 amide bonds. The minimum absolute atomic E-state index is 0.0111. The van der Waals surface area contributed by atoms with Crippen molar-refractivity contribution in [3.8, 4) is 0 Å². The number of likely N-dealkylation sites (tertiary alicyclic amines) is 1. The number of carbonyl (C=O) groups is 1. The van der Waals surface area contributed by atoms with E-state index in [9.17, 15) is 4.79 Å². The normalized spacial score (nSPS) is 21.2. The molecule has 2 aromatic rings. The van der Waals surface area contributed by atoms with E-state index in [1.807, 2.05) is 6.07 Å². The van der Waals surface area contributed by atoms with Crippen LogP contribution in [0.3, 0.4) is 0 Å². The van der Waals surface area contributed by atoms with Crippen LogP contribution >= 0.6 is 0 Å². The van der Waals surface area contributed by atoms with E-state index in [0.29, 0.717) is 6.04 Å². The van der Waals surface area contributed by atoms with Crippen LogP contribution < -0.4 is 5.73 Å². The molecular weight excluding hydrogens is 340 g/mol. The third-order valence-electron chi connectivity index (χ3n) is 6.10. The van der Waals surface area contributed by atoms with Gasteiger partial charge in [0.25, 0.3) is 0 Å². The average Bonchev–Trinajstić information content (AvgIpc) is 3.19. The van der Waals surface area contributed by atoms with Gasteiger partial charge in [-0.15, -0.1) is 5.10 Å². The van der Waals surface area contributed by atoms with Gasteiger partial charge in [0, 0.05) is 5.92 Å². The number of piperidine rings is 1. The van der Waals surface area contributed by atoms with E-state index in [1.54, 1.807) is 0 Å². The molecule has 1 aromatic carbocycles. The first kappa shape index (κ1) is 18.1. The fourth-order valence-corrected chi connectivity index (χ4v) is 4.57. The first-order valence-corrected chi connectivity index (χ1v) is 10.1. The van der Waals surface area contributed by atoms with Crippen LogP contribution in [-0.2, 0) is 4.79 Å². The highest BCUT2D eigenvalue weighted by Crippen LogP contribution is 2.34. The van der Waals surface area contributed by atoms with Crippen molar-refractivity contribution in [2.24, 2.45) is 11.7 Å². The summed E-state index contributed by atoms with van der Waals surface area (Å²) in [6.07, 6.45) is 7.66. The lowest BCUT2D eigenvalue weighted by Gasteiger charge is -2.37. The third-order valence-corrected chi connectivity index (χ3v) is 6.10. The second-order valence-electron chi connectivity index (χ2n) is 7.80. The molecular formula is C20H28N6O. The van der Waals surface area contributed by atoms with E-state index < -0.39 is 0 Å². The Hall–Kier alpha value is -2.28. The molecule has 144 valence electrons. The molecule has 7 nitrogen and oxygen atoms in total. The van der Waals surface area contributed by atoms with Gasteiger partial charge in [-0.05, 0) is 54.8 Å². The molecule has 0 spiro atoms. The molecule has 1 saturated carbocycles. The number of aromatic nitrogens is 4. The summed E-state index contributed by atoms with van der Waals surface area (Å²) >= 11 is 0. The quantitative estimate of drug-likeness (QED) is 0.875. The molecule has 1 aliphatic carbocycles. The fourth-order valence-electron chi connectivity index (χ4n) is 4.57. The molecule has 2 N–H and O–H groups in total. The van der Waals surface area contributed by atoms with Gasteiger partial charge in [-0.3, -0.25) is 9.69 Å². The predicted octanol–water partition coefficient (Wildman–Crippen LogP) is 2.46. The Bertz CT molecular complexity index is 747. The van der Waals surface area contributed by atoms with Gasteiger partial charge in [0.05, 0.1) is 12.1 Å². The molecule has 1 atom stereocenters. The Morgan fingerprint density at radius 1 is 1.04 bits per heavy atom. The van der Waals surface area contributed by atoms with E-state index in [2.05, 4.69) is 49.4 Å². The van der Waals surface area contributed by atoms with Gasteiger partial charge in [-0.1, -0.05) is 49.6 Å². The predicted molar refractivity (Wildman–Crippen MR) is 102 cm³/mol. The minimum atomic E-state index is -0.182. The van der Waals surface area contributed by atoms with Crippen molar-refractivity contribution in [2.75, 3.05) is 13.1 Å². The van der Waals surface area contributed by atoms with Crippen LogP contribution in [0.4, 0.5) is 0 Å². The zero-order chi connectivity index (χ0) is 18.6. The number of hydrogen-bond donors (Lipinski definition) is 1. The maximum absolute atomic E-state index is 11.6. The van der Waals surface area contributed by atoms with E-state index in [0.717, 1.165) is 44.6 Å². The van der Waals surface area contributed by atoms with Crippen molar-refractivity contribution in [3.05, 3.63) is 41.7 Å². The highest BCUT2D eigenvalue weighted by Gasteiger charge is 2.33. The highest BCUT2D eigenvalue weighted by atomic mass is 16.1. The number of tetrazole rings is 1. The summed E-state index contributed by atoms with van der Waals surface area (Å²) in [7, 11) is 0. The van der Waals surface area contributed by atoms with Gasteiger partial charge in [0.15, 0.2) is 5.82 Å². The number of primary amides is 1. The summed E-state index contributed by atoms with van der Waals surface area (Å²) in [5.74, 6) is 0.718. The Morgan fingerprint density at radius 2 is 1.74 bits per heavy atom. The van der Waals surface area contributed by atoms with Crippen LogP contribution in [0.2, 0.25) is 0 Å². The third kappa shape index (κ3) is 3.88. The van der Waals surface area contributed by atoms with Gasteiger partial charge in [0.2, 0.25) is 5.91 Å². The Balaban J connectivity index is 1.64. The van der Waals surface area contributed by atoms with E-state index in [-0.39, 0.29) is 17.9 Å². The molecule has 2 aliphatic rings. The summed E-state index contributed by atoms with van der Waals surface area (Å²) < 4.78 is 2.07. The van der Waals surface area contributed by atoms with Gasteiger partial charge in [-0.25, -0.2) is 4.68 Å². The van der Waals surface area contributed by atoms with Crippen molar-refractivity contribution in [3.63, 3.8) is 0 Å². The summed E-state index contributed by atoms with van der Waals surface area (Å²) in [6.45, 7) is 1.65. The van der Waals surface area contributed by atoms with Gasteiger partial charge in [0.1, 0.15) is 0 Å². The van der Waals surface area contributed by atoms with E-state index in [4.69, 9.17) is 5.73 Å². The summed E-state index contributed by atoms with van der Waals surface area (Å²) in [6, 6.07) is 10.8. The summed E-state index contributed by atoms with van der Waals surface area (Å²) in [5.41, 5.74) is 6.72. The number of nitrogens with two attached hydrogens (primary N) is 1. The second kappa shape index (κ2) is 8.17. The lowest BCUT2D eigenvalue weighted by Crippen LogP contribution is -2.41. The number of carbonyl (C=O) groups excluding carboxylic acids is 1. The lowest BCUT2D eigenvalue weighted by atomic mass is 9.92. The molecule has 7 heteroatoms. The van der Waals surface area contributed by atoms with Gasteiger partial charge >= 0.3 is 0 Å². The molecule has 2 fully saturated rings. The number of benzene rings is 1. The van der Waals surface area contributed by atoms with Crippen molar-refractivity contribution >= 4 is 5.91 Å². The van der Waals surface area contributed by atoms with E-state index in [1.165, 1.54) is 24.8 Å². The molecule has 1 aliphatic heterocycles. The zero-order valence-electron chi connectivity index (χ0n) is 15.7. The highest BCUT2D eigenvalue weighted by molar-refractivity contribution is 5.76. The molecule has 1 saturated heterocycles. The standard InChI is InChI=1S/C20H28N6O/c21-19(27)16-11-13-25(14-12-16)18(15-7-3-1-4-8-15)20-22-23-24-26(20)17-9-5-2-6-10-17/h1,3-4,7-8,16-18H,2,5-6,9-14H2,(H2,21,27). The molecule has 1 aromatic heterocycles. The lowest BCUT2D eigenvalue weighted by molar-refractivity contribution is -0.123. The second-order valence-corrected chi connectivity index (χ2v) is 7.80. The number of nitrogens with zero attached hydrogens (tertiary/aromatic N) is 5. The van der Waals surface area contributed by atoms with Crippen LogP contribution in [0.25, 0.3) is 0 Å². The smallest absolute Gasteiger partial charge is 0.220 e. The van der Waals surface area contributed by atoms with Crippen molar-refractivity contribution in [1.82, 2.24) is 25.1 Å². The van der Waals surface area contributed by atoms with Crippen LogP contribution in [0.5, 0.6) is 0 Å². The maximum atomic E-state index is 11.6. The molecule has 4 rings (SSSR count). The first-order valence-electron chi connectivity index (χ1n) is 10.1. The maximum Gasteiger partial charge on any atom is 0.220 e. The van der Waals surface area contributed by atoms with E-state index >= 15 is 0 Å². The van der Waals surface area contributed by atoms with Crippen LogP contribution in [0.15, 0.2) is 30.3 Å². The first-order chi connectivity index (χ1) is 13.2. The Morgan fingerprint density at radius 3 is 2.41 bits per heavy atom. The summed E-state index contributed by atoms with van der Waals surface area (Å²) in [4.78, 5) is 14.0. The Kier molecular flexibility index (Phi) is 5.48. The monoisotopic (exact) mass is 368 g/mol. The molecule has 0 radical (unpaired) electrons. The van der Waals surface area contributed by atoms with Crippen molar-refractivity contribution in [2.45, 2.75) is 57.0 Å². The molecule has 1 unspecified atom stereocenters. The van der Waals surface area contributed by atoms with Crippen LogP contribution in [0, 0.1) is 5.92 Å². The SMILES string of the molecule is NC(=O)C1CCN(C(c2ccccc2)c2nnnn2C2CCCCC2)CC1. The largest absolute Gasteiger partial charge is 0.369 e. The molecule has 27 heavy (non-hydrogen) atoms. The molecule has 0 bridgehead atoms. The van der Waals surface area contributed by atoms with Crippen LogP contribution in [0.1, 0.15) is 68.4 Å². The van der Waals surface area contributed by atoms with Crippen LogP contribution in [-0.4, -0.2) is 44.1 Å². The summed E-state index contributed by atoms with van der Waals surface area (Å²) in [5, 5.41) is 12.9. The average molecular weight is 368 g/mol. The number of rotatable bonds is 5. The Labute approximate surface area is 159 Å². The fraction of sp³-hybridized carbons (Fsp3) is 0.600. The molecule has 2 heterocycles. The van der Waals surface area contributed by atoms with Gasteiger partial charge in [-0.2, -0.15) is 0 Å². The number of amides is 1. The topological polar surface area (TPSA) is 89.9 Å².